The molecule has 0 spiro atoms. The Kier molecular flexibility index (Phi) is 7.78. The van der Waals surface area contributed by atoms with E-state index >= 15 is 0 Å². The van der Waals surface area contributed by atoms with Crippen molar-refractivity contribution in [2.75, 3.05) is 45.9 Å². The fourth-order valence-corrected chi connectivity index (χ4v) is 5.19. The van der Waals surface area contributed by atoms with Crippen molar-refractivity contribution in [3.05, 3.63) is 57.8 Å². The van der Waals surface area contributed by atoms with E-state index in [1.54, 1.807) is 4.88 Å². The lowest BCUT2D eigenvalue weighted by Crippen LogP contribution is -2.41. The van der Waals surface area contributed by atoms with Gasteiger partial charge in [0, 0.05) is 50.1 Å². The van der Waals surface area contributed by atoms with Crippen molar-refractivity contribution < 1.29 is 4.74 Å². The van der Waals surface area contributed by atoms with Gasteiger partial charge >= 0.3 is 0 Å². The highest BCUT2D eigenvalue weighted by molar-refractivity contribution is 7.10. The first-order valence-corrected chi connectivity index (χ1v) is 12.1. The molecule has 0 saturated carbocycles. The Hall–Kier alpha value is -1.89. The molecule has 1 saturated heterocycles. The lowest BCUT2D eigenvalue weighted by molar-refractivity contribution is 0.0906. The predicted octanol–water partition coefficient (Wildman–Crippen LogP) is 3.61. The van der Waals surface area contributed by atoms with Crippen LogP contribution in [0.1, 0.15) is 29.3 Å². The zero-order chi connectivity index (χ0) is 20.6. The van der Waals surface area contributed by atoms with E-state index in [1.165, 1.54) is 24.0 Å². The SMILES string of the molecule is CCNC(=NCCN1CCc2sccc2C1)N1CCC(COCc2ccccc2)C1. The fraction of sp³-hybridized carbons (Fsp3) is 0.542. The lowest BCUT2D eigenvalue weighted by Gasteiger charge is -2.26. The van der Waals surface area contributed by atoms with Gasteiger partial charge in [0.2, 0.25) is 0 Å². The first-order chi connectivity index (χ1) is 14.8. The Bertz CT molecular complexity index is 807. The summed E-state index contributed by atoms with van der Waals surface area (Å²) in [5.41, 5.74) is 2.76. The van der Waals surface area contributed by atoms with Crippen LogP contribution in [0.4, 0.5) is 0 Å². The highest BCUT2D eigenvalue weighted by atomic mass is 32.1. The lowest BCUT2D eigenvalue weighted by atomic mass is 10.1. The zero-order valence-electron chi connectivity index (χ0n) is 18.1. The van der Waals surface area contributed by atoms with E-state index in [-0.39, 0.29) is 0 Å². The molecular weight excluding hydrogens is 392 g/mol. The van der Waals surface area contributed by atoms with E-state index in [2.05, 4.69) is 57.8 Å². The standard InChI is InChI=1S/C24H34N4OS/c1-2-25-24(26-11-14-27-12-9-23-22(17-27)10-15-30-23)28-13-8-21(16-28)19-29-18-20-6-4-3-5-7-20/h3-7,10,15,21H,2,8-9,11-14,16-19H2,1H3,(H,25,26). The Morgan fingerprint density at radius 2 is 2.13 bits per heavy atom. The molecule has 0 aliphatic carbocycles. The smallest absolute Gasteiger partial charge is 0.193 e. The van der Waals surface area contributed by atoms with Gasteiger partial charge in [0.15, 0.2) is 5.96 Å². The molecule has 0 radical (unpaired) electrons. The minimum Gasteiger partial charge on any atom is -0.376 e. The number of likely N-dealkylation sites (tertiary alicyclic amines) is 1. The molecule has 2 aromatic rings. The van der Waals surface area contributed by atoms with Gasteiger partial charge in [-0.25, -0.2) is 0 Å². The normalized spacial score (nSPS) is 19.8. The third kappa shape index (κ3) is 5.84. The summed E-state index contributed by atoms with van der Waals surface area (Å²) in [6.45, 7) is 10.8. The minimum absolute atomic E-state index is 0.580. The van der Waals surface area contributed by atoms with E-state index in [0.717, 1.165) is 58.4 Å². The third-order valence-corrected chi connectivity index (χ3v) is 6.97. The van der Waals surface area contributed by atoms with Crippen molar-refractivity contribution in [2.45, 2.75) is 32.9 Å². The molecule has 0 amide bonds. The fourth-order valence-electron chi connectivity index (χ4n) is 4.30. The van der Waals surface area contributed by atoms with Gasteiger partial charge in [-0.3, -0.25) is 9.89 Å². The van der Waals surface area contributed by atoms with Crippen molar-refractivity contribution in [2.24, 2.45) is 10.9 Å². The largest absolute Gasteiger partial charge is 0.376 e. The van der Waals surface area contributed by atoms with Crippen LogP contribution in [0.3, 0.4) is 0 Å². The van der Waals surface area contributed by atoms with Gasteiger partial charge in [-0.1, -0.05) is 30.3 Å². The molecule has 0 bridgehead atoms. The summed E-state index contributed by atoms with van der Waals surface area (Å²) < 4.78 is 5.98. The van der Waals surface area contributed by atoms with Crippen LogP contribution < -0.4 is 5.32 Å². The van der Waals surface area contributed by atoms with E-state index in [1.807, 2.05) is 17.4 Å². The molecule has 1 fully saturated rings. The van der Waals surface area contributed by atoms with Crippen molar-refractivity contribution >= 4 is 17.3 Å². The molecule has 1 N–H and O–H groups in total. The quantitative estimate of drug-likeness (QED) is 0.517. The number of hydrogen-bond acceptors (Lipinski definition) is 4. The maximum Gasteiger partial charge on any atom is 0.193 e. The number of nitrogens with zero attached hydrogens (tertiary/aromatic N) is 3. The average Bonchev–Trinajstić information content (AvgIpc) is 3.43. The summed E-state index contributed by atoms with van der Waals surface area (Å²) in [4.78, 5) is 11.5. The van der Waals surface area contributed by atoms with Crippen molar-refractivity contribution in [1.82, 2.24) is 15.1 Å². The first-order valence-electron chi connectivity index (χ1n) is 11.2. The number of nitrogens with one attached hydrogen (secondary N) is 1. The summed E-state index contributed by atoms with van der Waals surface area (Å²) in [7, 11) is 0. The van der Waals surface area contributed by atoms with Crippen molar-refractivity contribution in [1.29, 1.82) is 0 Å². The Labute approximate surface area is 184 Å². The van der Waals surface area contributed by atoms with Crippen LogP contribution in [0.5, 0.6) is 0 Å². The van der Waals surface area contributed by atoms with Gasteiger partial charge < -0.3 is 15.0 Å². The molecule has 30 heavy (non-hydrogen) atoms. The van der Waals surface area contributed by atoms with Gasteiger partial charge in [0.1, 0.15) is 0 Å². The molecule has 1 unspecified atom stereocenters. The molecule has 162 valence electrons. The summed E-state index contributed by atoms with van der Waals surface area (Å²) in [5, 5.41) is 5.72. The molecule has 1 aromatic heterocycles. The van der Waals surface area contributed by atoms with Crippen LogP contribution in [-0.2, 0) is 24.3 Å². The Morgan fingerprint density at radius 1 is 1.23 bits per heavy atom. The summed E-state index contributed by atoms with van der Waals surface area (Å²) in [6.07, 6.45) is 2.36. The maximum atomic E-state index is 5.98. The molecular formula is C24H34N4OS. The molecule has 2 aliphatic rings. The van der Waals surface area contributed by atoms with Crippen molar-refractivity contribution in [3.63, 3.8) is 0 Å². The zero-order valence-corrected chi connectivity index (χ0v) is 18.9. The van der Waals surface area contributed by atoms with Gasteiger partial charge in [0.25, 0.3) is 0 Å². The Balaban J connectivity index is 1.21. The monoisotopic (exact) mass is 426 g/mol. The molecule has 5 nitrogen and oxygen atoms in total. The molecule has 4 rings (SSSR count). The van der Waals surface area contributed by atoms with E-state index in [4.69, 9.17) is 9.73 Å². The molecule has 2 aliphatic heterocycles. The van der Waals surface area contributed by atoms with Crippen LogP contribution >= 0.6 is 11.3 Å². The maximum absolute atomic E-state index is 5.98. The summed E-state index contributed by atoms with van der Waals surface area (Å²) in [6, 6.07) is 12.7. The predicted molar refractivity (Wildman–Crippen MR) is 125 cm³/mol. The first kappa shape index (κ1) is 21.3. The minimum atomic E-state index is 0.580. The van der Waals surface area contributed by atoms with Gasteiger partial charge in [-0.15, -0.1) is 11.3 Å². The van der Waals surface area contributed by atoms with Crippen molar-refractivity contribution in [3.8, 4) is 0 Å². The molecule has 3 heterocycles. The summed E-state index contributed by atoms with van der Waals surface area (Å²) in [5.74, 6) is 1.65. The van der Waals surface area contributed by atoms with Crippen LogP contribution in [0, 0.1) is 5.92 Å². The number of thiophene rings is 1. The van der Waals surface area contributed by atoms with Crippen LogP contribution in [0.25, 0.3) is 0 Å². The van der Waals surface area contributed by atoms with E-state index in [0.29, 0.717) is 12.5 Å². The van der Waals surface area contributed by atoms with Gasteiger partial charge in [0.05, 0.1) is 19.8 Å². The number of ether oxygens (including phenoxy) is 1. The number of fused-ring (bicyclic) bond motifs is 1. The number of aliphatic imine (C=N–C) groups is 1. The average molecular weight is 427 g/mol. The van der Waals surface area contributed by atoms with Crippen LogP contribution in [0.15, 0.2) is 46.8 Å². The molecule has 1 atom stereocenters. The number of hydrogen-bond donors (Lipinski definition) is 1. The number of benzene rings is 1. The second-order valence-corrected chi connectivity index (χ2v) is 9.23. The van der Waals surface area contributed by atoms with E-state index in [9.17, 15) is 0 Å². The number of rotatable bonds is 8. The molecule has 6 heteroatoms. The van der Waals surface area contributed by atoms with Crippen LogP contribution in [-0.4, -0.2) is 61.6 Å². The third-order valence-electron chi connectivity index (χ3n) is 5.95. The van der Waals surface area contributed by atoms with E-state index < -0.39 is 0 Å². The highest BCUT2D eigenvalue weighted by Gasteiger charge is 2.25. The second kappa shape index (κ2) is 10.9. The topological polar surface area (TPSA) is 40.1 Å². The molecule has 1 aromatic carbocycles. The Morgan fingerprint density at radius 3 is 3.00 bits per heavy atom. The summed E-state index contributed by atoms with van der Waals surface area (Å²) >= 11 is 1.90. The second-order valence-electron chi connectivity index (χ2n) is 8.23. The number of guanidine groups is 1. The van der Waals surface area contributed by atoms with Gasteiger partial charge in [-0.2, -0.15) is 0 Å². The highest BCUT2D eigenvalue weighted by Crippen LogP contribution is 2.23. The van der Waals surface area contributed by atoms with Crippen LogP contribution in [0.2, 0.25) is 0 Å². The van der Waals surface area contributed by atoms with Gasteiger partial charge in [-0.05, 0) is 42.3 Å².